The Balaban J connectivity index is 1.41. The summed E-state index contributed by atoms with van der Waals surface area (Å²) in [5.74, 6) is 4.15. The lowest BCUT2D eigenvalue weighted by Gasteiger charge is -2.19. The lowest BCUT2D eigenvalue weighted by molar-refractivity contribution is -0.142. The number of hydrogen-bond acceptors (Lipinski definition) is 5. The summed E-state index contributed by atoms with van der Waals surface area (Å²) < 4.78 is 4.72. The van der Waals surface area contributed by atoms with Crippen molar-refractivity contribution in [3.63, 3.8) is 0 Å². The maximum Gasteiger partial charge on any atom is 0.337 e. The van der Waals surface area contributed by atoms with Crippen molar-refractivity contribution < 1.29 is 23.9 Å². The van der Waals surface area contributed by atoms with Crippen molar-refractivity contribution in [1.82, 2.24) is 4.90 Å². The standard InChI is InChI=1S/C26H24N2O5/c1-33-26(32)19-8-4-6-17(14-19)12-13-18-7-5-9-20(15-18)27-23(29)16-28-24(30)21-10-2-3-11-22(21)25(28)31/h4-9,14-15,21-22H,2-3,10-11,16H2,1H3,(H,27,29). The molecule has 3 amide bonds. The van der Waals surface area contributed by atoms with E-state index in [1.807, 2.05) is 0 Å². The number of ether oxygens (including phenoxy) is 1. The highest BCUT2D eigenvalue weighted by Gasteiger charge is 2.48. The van der Waals surface area contributed by atoms with Crippen LogP contribution >= 0.6 is 0 Å². The number of fused-ring (bicyclic) bond motifs is 1. The van der Waals surface area contributed by atoms with Crippen molar-refractivity contribution in [2.24, 2.45) is 11.8 Å². The van der Waals surface area contributed by atoms with Crippen LogP contribution in [0.3, 0.4) is 0 Å². The number of rotatable bonds is 4. The molecule has 7 heteroatoms. The fourth-order valence-electron chi connectivity index (χ4n) is 4.39. The van der Waals surface area contributed by atoms with E-state index >= 15 is 0 Å². The number of anilines is 1. The van der Waals surface area contributed by atoms with E-state index in [1.54, 1.807) is 48.5 Å². The average Bonchev–Trinajstić information content (AvgIpc) is 3.07. The van der Waals surface area contributed by atoms with Gasteiger partial charge in [0.2, 0.25) is 17.7 Å². The number of hydrogen-bond donors (Lipinski definition) is 1. The van der Waals surface area contributed by atoms with Crippen LogP contribution in [0.5, 0.6) is 0 Å². The second-order valence-corrected chi connectivity index (χ2v) is 8.21. The first kappa shape index (κ1) is 22.3. The van der Waals surface area contributed by atoms with Crippen LogP contribution in [0.15, 0.2) is 48.5 Å². The second kappa shape index (κ2) is 9.70. The molecule has 2 atom stereocenters. The molecule has 168 valence electrons. The van der Waals surface area contributed by atoms with Gasteiger partial charge in [-0.15, -0.1) is 0 Å². The van der Waals surface area contributed by atoms with E-state index in [0.29, 0.717) is 22.4 Å². The molecule has 7 nitrogen and oxygen atoms in total. The van der Waals surface area contributed by atoms with Crippen LogP contribution in [-0.2, 0) is 19.1 Å². The fourth-order valence-corrected chi connectivity index (χ4v) is 4.39. The highest BCUT2D eigenvalue weighted by Crippen LogP contribution is 2.37. The zero-order valence-electron chi connectivity index (χ0n) is 18.3. The molecule has 1 aliphatic heterocycles. The highest BCUT2D eigenvalue weighted by atomic mass is 16.5. The smallest absolute Gasteiger partial charge is 0.337 e. The average molecular weight is 444 g/mol. The molecule has 33 heavy (non-hydrogen) atoms. The number of benzene rings is 2. The minimum absolute atomic E-state index is 0.228. The van der Waals surface area contributed by atoms with E-state index < -0.39 is 11.9 Å². The van der Waals surface area contributed by atoms with E-state index in [9.17, 15) is 19.2 Å². The van der Waals surface area contributed by atoms with Crippen LogP contribution in [0.1, 0.15) is 47.2 Å². The molecule has 4 rings (SSSR count). The van der Waals surface area contributed by atoms with Crippen LogP contribution in [0.4, 0.5) is 5.69 Å². The summed E-state index contributed by atoms with van der Waals surface area (Å²) in [6.07, 6.45) is 3.33. The van der Waals surface area contributed by atoms with Crippen molar-refractivity contribution in [1.29, 1.82) is 0 Å². The molecule has 2 aromatic rings. The van der Waals surface area contributed by atoms with Gasteiger partial charge in [-0.2, -0.15) is 0 Å². The summed E-state index contributed by atoms with van der Waals surface area (Å²) in [7, 11) is 1.32. The van der Waals surface area contributed by atoms with E-state index in [0.717, 1.165) is 30.6 Å². The normalized spacial score (nSPS) is 19.4. The Morgan fingerprint density at radius 2 is 1.58 bits per heavy atom. The lowest BCUT2D eigenvalue weighted by Crippen LogP contribution is -2.38. The molecule has 1 N–H and O–H groups in total. The Morgan fingerprint density at radius 3 is 2.21 bits per heavy atom. The molecule has 2 fully saturated rings. The van der Waals surface area contributed by atoms with Crippen molar-refractivity contribution in [3.8, 4) is 11.8 Å². The molecule has 0 spiro atoms. The number of esters is 1. The minimum Gasteiger partial charge on any atom is -0.465 e. The van der Waals surface area contributed by atoms with Crippen LogP contribution in [0.2, 0.25) is 0 Å². The lowest BCUT2D eigenvalue weighted by atomic mass is 9.81. The third kappa shape index (κ3) is 4.96. The topological polar surface area (TPSA) is 92.8 Å². The molecular weight excluding hydrogens is 420 g/mol. The summed E-state index contributed by atoms with van der Waals surface area (Å²) >= 11 is 0. The predicted molar refractivity (Wildman–Crippen MR) is 121 cm³/mol. The number of carbonyl (C=O) groups excluding carboxylic acids is 4. The third-order valence-electron chi connectivity index (χ3n) is 6.02. The molecule has 0 bridgehead atoms. The summed E-state index contributed by atoms with van der Waals surface area (Å²) in [4.78, 5) is 50.5. The maximum atomic E-state index is 12.6. The first-order valence-electron chi connectivity index (χ1n) is 10.9. The van der Waals surface area contributed by atoms with Crippen molar-refractivity contribution in [2.75, 3.05) is 19.0 Å². The van der Waals surface area contributed by atoms with Gasteiger partial charge in [0.25, 0.3) is 0 Å². The summed E-state index contributed by atoms with van der Waals surface area (Å²) in [5.41, 5.74) is 2.25. The largest absolute Gasteiger partial charge is 0.465 e. The molecule has 0 radical (unpaired) electrons. The van der Waals surface area contributed by atoms with Gasteiger partial charge >= 0.3 is 5.97 Å². The molecule has 1 saturated carbocycles. The number of likely N-dealkylation sites (tertiary alicyclic amines) is 1. The van der Waals surface area contributed by atoms with Crippen LogP contribution in [0, 0.1) is 23.7 Å². The monoisotopic (exact) mass is 444 g/mol. The van der Waals surface area contributed by atoms with E-state index in [-0.39, 0.29) is 30.2 Å². The molecule has 0 aromatic heterocycles. The summed E-state index contributed by atoms with van der Waals surface area (Å²) in [6.45, 7) is -0.277. The Bertz CT molecular complexity index is 1150. The van der Waals surface area contributed by atoms with Gasteiger partial charge in [0, 0.05) is 16.8 Å². The number of nitrogens with zero attached hydrogens (tertiary/aromatic N) is 1. The van der Waals surface area contributed by atoms with Gasteiger partial charge in [-0.25, -0.2) is 4.79 Å². The molecule has 2 aromatic carbocycles. The second-order valence-electron chi connectivity index (χ2n) is 8.21. The molecule has 2 unspecified atom stereocenters. The van der Waals surface area contributed by atoms with Crippen LogP contribution in [0.25, 0.3) is 0 Å². The molecule has 1 aliphatic carbocycles. The van der Waals surface area contributed by atoms with Crippen molar-refractivity contribution >= 4 is 29.4 Å². The van der Waals surface area contributed by atoms with Gasteiger partial charge in [-0.1, -0.05) is 36.8 Å². The van der Waals surface area contributed by atoms with Gasteiger partial charge < -0.3 is 10.1 Å². The molecule has 1 heterocycles. The number of methoxy groups -OCH3 is 1. The van der Waals surface area contributed by atoms with E-state index in [1.165, 1.54) is 7.11 Å². The van der Waals surface area contributed by atoms with Gasteiger partial charge in [0.1, 0.15) is 6.54 Å². The Hall–Kier alpha value is -3.92. The zero-order chi connectivity index (χ0) is 23.4. The van der Waals surface area contributed by atoms with Gasteiger partial charge in [-0.05, 0) is 49.2 Å². The maximum absolute atomic E-state index is 12.6. The Morgan fingerprint density at radius 1 is 0.970 bits per heavy atom. The molecular formula is C26H24N2O5. The van der Waals surface area contributed by atoms with Crippen LogP contribution in [-0.4, -0.2) is 42.2 Å². The third-order valence-corrected chi connectivity index (χ3v) is 6.02. The first-order valence-corrected chi connectivity index (χ1v) is 10.9. The van der Waals surface area contributed by atoms with E-state index in [2.05, 4.69) is 17.2 Å². The number of amides is 3. The number of imide groups is 1. The van der Waals surface area contributed by atoms with E-state index in [4.69, 9.17) is 4.74 Å². The van der Waals surface area contributed by atoms with Gasteiger partial charge in [-0.3, -0.25) is 19.3 Å². The molecule has 2 aliphatic rings. The Labute approximate surface area is 192 Å². The zero-order valence-corrected chi connectivity index (χ0v) is 18.3. The van der Waals surface area contributed by atoms with Crippen molar-refractivity contribution in [3.05, 3.63) is 65.2 Å². The molecule has 1 saturated heterocycles. The Kier molecular flexibility index (Phi) is 6.55. The minimum atomic E-state index is -0.433. The quantitative estimate of drug-likeness (QED) is 0.445. The number of carbonyl (C=O) groups is 4. The highest BCUT2D eigenvalue weighted by molar-refractivity contribution is 6.08. The first-order chi connectivity index (χ1) is 16.0. The predicted octanol–water partition coefficient (Wildman–Crippen LogP) is 2.99. The SMILES string of the molecule is COC(=O)c1cccc(C#Cc2cccc(NC(=O)CN3C(=O)C4CCCCC4C3=O)c2)c1. The fraction of sp³-hybridized carbons (Fsp3) is 0.308. The van der Waals surface area contributed by atoms with Gasteiger partial charge in [0.15, 0.2) is 0 Å². The summed E-state index contributed by atoms with van der Waals surface area (Å²) in [6, 6.07) is 13.8. The number of nitrogens with one attached hydrogen (secondary N) is 1. The van der Waals surface area contributed by atoms with Crippen molar-refractivity contribution in [2.45, 2.75) is 25.7 Å². The summed E-state index contributed by atoms with van der Waals surface area (Å²) in [5, 5.41) is 2.75. The van der Waals surface area contributed by atoms with Crippen LogP contribution < -0.4 is 5.32 Å². The van der Waals surface area contributed by atoms with Gasteiger partial charge in [0.05, 0.1) is 24.5 Å².